The quantitative estimate of drug-likeness (QED) is 0.120. The molecule has 10 atom stereocenters. The van der Waals surface area contributed by atoms with E-state index in [1.807, 2.05) is 7.11 Å². The molecule has 3 nitrogen and oxygen atoms in total. The number of allylic oxidation sites excluding steroid dienone is 1. The van der Waals surface area contributed by atoms with Crippen LogP contribution in [-0.2, 0) is 4.74 Å². The molecule has 0 spiro atoms. The van der Waals surface area contributed by atoms with Crippen molar-refractivity contribution in [3.63, 3.8) is 0 Å². The molecule has 0 aromatic carbocycles. The summed E-state index contributed by atoms with van der Waals surface area (Å²) in [6, 6.07) is 0.385. The second kappa shape index (κ2) is 18.7. The average molecular weight is 511 g/mol. The van der Waals surface area contributed by atoms with Gasteiger partial charge in [0.05, 0.1) is 12.6 Å². The number of ether oxygens (including phenoxy) is 1. The molecule has 2 N–H and O–H groups in total. The third-order valence-electron chi connectivity index (χ3n) is 8.80. The summed E-state index contributed by atoms with van der Waals surface area (Å²) in [5.41, 5.74) is 2.66. The minimum atomic E-state index is 0.284. The van der Waals surface area contributed by atoms with Crippen molar-refractivity contribution in [1.29, 1.82) is 0 Å². The lowest BCUT2D eigenvalue weighted by Gasteiger charge is -2.38. The van der Waals surface area contributed by atoms with Crippen LogP contribution in [0.5, 0.6) is 0 Å². The van der Waals surface area contributed by atoms with Crippen LogP contribution in [0.15, 0.2) is 24.6 Å². The van der Waals surface area contributed by atoms with Crippen molar-refractivity contribution in [2.75, 3.05) is 13.7 Å². The van der Waals surface area contributed by atoms with Gasteiger partial charge < -0.3 is 15.4 Å². The fraction of sp³-hybridized carbons (Fsp3) is 0.871. The molecular weight excluding hydrogens is 447 g/mol. The Morgan fingerprint density at radius 1 is 0.857 bits per heavy atom. The maximum Gasteiger partial charge on any atom is 0.0576 e. The van der Waals surface area contributed by atoms with Crippen molar-refractivity contribution in [3.8, 4) is 0 Å². The Labute approximate surface area is 223 Å². The largest absolute Gasteiger partial charge is 0.384 e. The zero-order chi connectivity index (χ0) is 27.1. The first-order chi connectivity index (χ1) is 16.4. The van der Waals surface area contributed by atoms with Gasteiger partial charge in [0.2, 0.25) is 0 Å². The molecule has 0 heterocycles. The molecular formula is C31H63N2OP. The first kappa shape index (κ1) is 34.5. The minimum absolute atomic E-state index is 0.284. The van der Waals surface area contributed by atoms with E-state index in [0.29, 0.717) is 47.2 Å². The Balaban J connectivity index is 5.21. The highest BCUT2D eigenvalue weighted by Gasteiger charge is 2.32. The maximum atomic E-state index is 5.88. The monoisotopic (exact) mass is 510 g/mol. The van der Waals surface area contributed by atoms with E-state index in [1.54, 1.807) is 0 Å². The van der Waals surface area contributed by atoms with E-state index >= 15 is 0 Å². The highest BCUT2D eigenvalue weighted by molar-refractivity contribution is 7.17. The van der Waals surface area contributed by atoms with Crippen LogP contribution in [0.25, 0.3) is 0 Å². The van der Waals surface area contributed by atoms with Crippen molar-refractivity contribution < 1.29 is 4.74 Å². The summed E-state index contributed by atoms with van der Waals surface area (Å²) >= 11 is 0. The zero-order valence-corrected chi connectivity index (χ0v) is 26.4. The van der Waals surface area contributed by atoms with Crippen LogP contribution in [0.3, 0.4) is 0 Å². The first-order valence-corrected chi connectivity index (χ1v) is 15.3. The molecule has 0 rings (SSSR count). The third kappa shape index (κ3) is 12.5. The predicted octanol–water partition coefficient (Wildman–Crippen LogP) is 8.43. The lowest BCUT2D eigenvalue weighted by molar-refractivity contribution is 0.0125. The van der Waals surface area contributed by atoms with Gasteiger partial charge in [0.1, 0.15) is 0 Å². The van der Waals surface area contributed by atoms with Crippen LogP contribution >= 0.6 is 9.24 Å². The van der Waals surface area contributed by atoms with Gasteiger partial charge in [-0.1, -0.05) is 107 Å². The van der Waals surface area contributed by atoms with Crippen LogP contribution in [0.2, 0.25) is 0 Å². The van der Waals surface area contributed by atoms with E-state index in [9.17, 15) is 0 Å². The van der Waals surface area contributed by atoms with E-state index in [1.165, 1.54) is 38.5 Å². The van der Waals surface area contributed by atoms with Gasteiger partial charge in [0, 0.05) is 24.5 Å². The topological polar surface area (TPSA) is 33.3 Å². The maximum absolute atomic E-state index is 5.88. The van der Waals surface area contributed by atoms with Gasteiger partial charge in [-0.3, -0.25) is 0 Å². The number of nitrogens with one attached hydrogen (secondary N) is 2. The van der Waals surface area contributed by atoms with Gasteiger partial charge in [-0.05, 0) is 54.5 Å². The Morgan fingerprint density at radius 3 is 1.97 bits per heavy atom. The standard InChI is InChI=1S/C31H63N2OP/c1-13-16-17-18-23(6)30(28(11)34-12)24(7)19-29(35)31(22(5)15-3)33-25(8)20-32-27(10)26(9)21(4)14-2/h21-24,26,28-33H,8,10,13-20,35H2,1-7,9,11-12H3/t21?,22-,23-,24?,26?,28+,29-,30?,31+/m0/s1. The molecule has 208 valence electrons. The molecule has 35 heavy (non-hydrogen) atoms. The van der Waals surface area contributed by atoms with Gasteiger partial charge in [-0.2, -0.15) is 0 Å². The van der Waals surface area contributed by atoms with E-state index in [-0.39, 0.29) is 6.10 Å². The summed E-state index contributed by atoms with van der Waals surface area (Å²) in [6.07, 6.45) is 9.01. The minimum Gasteiger partial charge on any atom is -0.384 e. The number of hydrogen-bond acceptors (Lipinski definition) is 3. The first-order valence-electron chi connectivity index (χ1n) is 14.6. The van der Waals surface area contributed by atoms with Gasteiger partial charge in [0.15, 0.2) is 0 Å². The molecule has 0 aromatic heterocycles. The third-order valence-corrected chi connectivity index (χ3v) is 9.49. The molecule has 0 aromatic rings. The lowest BCUT2D eigenvalue weighted by atomic mass is 9.75. The Hall–Kier alpha value is -0.530. The fourth-order valence-corrected chi connectivity index (χ4v) is 6.48. The van der Waals surface area contributed by atoms with Crippen LogP contribution in [0, 0.1) is 35.5 Å². The molecule has 0 fully saturated rings. The number of hydrogen-bond donors (Lipinski definition) is 2. The lowest BCUT2D eigenvalue weighted by Crippen LogP contribution is -2.44. The van der Waals surface area contributed by atoms with Crippen molar-refractivity contribution >= 4 is 9.24 Å². The summed E-state index contributed by atoms with van der Waals surface area (Å²) in [5, 5.41) is 7.35. The summed E-state index contributed by atoms with van der Waals surface area (Å²) in [4.78, 5) is 0. The van der Waals surface area contributed by atoms with Gasteiger partial charge >= 0.3 is 0 Å². The smallest absolute Gasteiger partial charge is 0.0576 e. The van der Waals surface area contributed by atoms with E-state index < -0.39 is 0 Å². The second-order valence-corrected chi connectivity index (χ2v) is 12.4. The van der Waals surface area contributed by atoms with E-state index in [2.05, 4.69) is 95.3 Å². The zero-order valence-electron chi connectivity index (χ0n) is 25.3. The molecule has 0 amide bonds. The highest BCUT2D eigenvalue weighted by Crippen LogP contribution is 2.35. The van der Waals surface area contributed by atoms with Crippen molar-refractivity contribution in [1.82, 2.24) is 10.6 Å². The van der Waals surface area contributed by atoms with Crippen LogP contribution in [0.4, 0.5) is 0 Å². The molecule has 4 heteroatoms. The van der Waals surface area contributed by atoms with Crippen molar-refractivity contribution in [2.45, 2.75) is 125 Å². The summed E-state index contributed by atoms with van der Waals surface area (Å²) in [7, 11) is 5.05. The molecule has 0 radical (unpaired) electrons. The summed E-state index contributed by atoms with van der Waals surface area (Å²) in [5.74, 6) is 3.52. The average Bonchev–Trinajstić information content (AvgIpc) is 2.84. The molecule has 5 unspecified atom stereocenters. The number of methoxy groups -OCH3 is 1. The number of unbranched alkanes of at least 4 members (excludes halogenated alkanes) is 2. The van der Waals surface area contributed by atoms with Gasteiger partial charge in [-0.15, -0.1) is 9.24 Å². The Kier molecular flexibility index (Phi) is 18.4. The van der Waals surface area contributed by atoms with Crippen LogP contribution < -0.4 is 10.6 Å². The molecule has 0 saturated carbocycles. The van der Waals surface area contributed by atoms with Crippen LogP contribution in [0.1, 0.15) is 107 Å². The highest BCUT2D eigenvalue weighted by atomic mass is 31.0. The van der Waals surface area contributed by atoms with Gasteiger partial charge in [-0.25, -0.2) is 0 Å². The van der Waals surface area contributed by atoms with Crippen molar-refractivity contribution in [2.24, 2.45) is 35.5 Å². The molecule has 0 aliphatic carbocycles. The van der Waals surface area contributed by atoms with Gasteiger partial charge in [0.25, 0.3) is 0 Å². The SMILES string of the molecule is C=C(CNC(=C)C(C)C(C)CC)N[C@H]([C@@H](C)CC)[C@@H](P)CC(C)C([C@@H](C)CCCCC)[C@@H](C)OC. The Morgan fingerprint density at radius 2 is 1.46 bits per heavy atom. The summed E-state index contributed by atoms with van der Waals surface area (Å²) < 4.78 is 5.88. The van der Waals surface area contributed by atoms with E-state index in [4.69, 9.17) is 4.74 Å². The van der Waals surface area contributed by atoms with E-state index in [0.717, 1.165) is 24.4 Å². The van der Waals surface area contributed by atoms with Crippen molar-refractivity contribution in [3.05, 3.63) is 24.6 Å². The Bertz CT molecular complexity index is 580. The molecule has 0 aliphatic heterocycles. The summed E-state index contributed by atoms with van der Waals surface area (Å²) in [6.45, 7) is 30.3. The molecule has 0 bridgehead atoms. The van der Waals surface area contributed by atoms with Crippen LogP contribution in [-0.4, -0.2) is 31.5 Å². The molecule has 0 aliphatic rings. The predicted molar refractivity (Wildman–Crippen MR) is 162 cm³/mol. The fourth-order valence-electron chi connectivity index (χ4n) is 5.58. The normalized spacial score (nSPS) is 19.5. The second-order valence-electron chi connectivity index (χ2n) is 11.6. The number of rotatable bonds is 21. The molecule has 0 saturated heterocycles.